The summed E-state index contributed by atoms with van der Waals surface area (Å²) in [6, 6.07) is 23.3. The number of hydrogen-bond donors (Lipinski definition) is 3. The van der Waals surface area contributed by atoms with E-state index in [-0.39, 0.29) is 18.2 Å². The number of carbonyl (C=O) groups excluding carboxylic acids is 4. The van der Waals surface area contributed by atoms with Gasteiger partial charge in [-0.25, -0.2) is 0 Å². The van der Waals surface area contributed by atoms with Gasteiger partial charge in [0.05, 0.1) is 0 Å². The van der Waals surface area contributed by atoms with Crippen LogP contribution >= 0.6 is 0 Å². The van der Waals surface area contributed by atoms with Crippen molar-refractivity contribution in [3.05, 3.63) is 114 Å². The van der Waals surface area contributed by atoms with E-state index in [1.807, 2.05) is 86.6 Å². The fraction of sp³-hybridized carbons (Fsp3) is 0.297. The summed E-state index contributed by atoms with van der Waals surface area (Å²) in [5.74, 6) is -1.35. The molecule has 9 heteroatoms. The van der Waals surface area contributed by atoms with Crippen LogP contribution in [-0.2, 0) is 25.6 Å². The molecule has 3 aromatic carbocycles. The molecule has 4 atom stereocenters. The van der Waals surface area contributed by atoms with Crippen LogP contribution in [0.15, 0.2) is 97.2 Å². The number of fused-ring (bicyclic) bond motifs is 10. The van der Waals surface area contributed by atoms with Gasteiger partial charge in [-0.3, -0.25) is 19.2 Å². The van der Waals surface area contributed by atoms with Crippen LogP contribution in [0.4, 0.5) is 0 Å². The van der Waals surface area contributed by atoms with E-state index in [9.17, 15) is 19.2 Å². The number of likely N-dealkylation sites (tertiary alicyclic amines) is 1. The van der Waals surface area contributed by atoms with E-state index in [2.05, 4.69) is 16.0 Å². The summed E-state index contributed by atoms with van der Waals surface area (Å²) < 4.78 is 6.37. The number of nitrogens with zero attached hydrogens (tertiary/aromatic N) is 1. The van der Waals surface area contributed by atoms with E-state index < -0.39 is 42.0 Å². The molecular formula is C37H40N4O5. The smallest absolute Gasteiger partial charge is 0.247 e. The number of ether oxygens (including phenoxy) is 1. The molecule has 0 aromatic heterocycles. The molecule has 0 spiro atoms. The van der Waals surface area contributed by atoms with Gasteiger partial charge in [0.25, 0.3) is 0 Å². The van der Waals surface area contributed by atoms with Crippen molar-refractivity contribution in [2.75, 3.05) is 6.54 Å². The largest absolute Gasteiger partial charge is 0.487 e. The third-order valence-electron chi connectivity index (χ3n) is 8.19. The Morgan fingerprint density at radius 1 is 0.957 bits per heavy atom. The van der Waals surface area contributed by atoms with Crippen molar-refractivity contribution in [3.63, 3.8) is 0 Å². The van der Waals surface area contributed by atoms with Crippen molar-refractivity contribution in [3.8, 4) is 5.75 Å². The highest BCUT2D eigenvalue weighted by Gasteiger charge is 2.40. The minimum Gasteiger partial charge on any atom is -0.487 e. The lowest BCUT2D eigenvalue weighted by Crippen LogP contribution is -2.62. The molecule has 0 saturated carbocycles. The van der Waals surface area contributed by atoms with Crippen LogP contribution < -0.4 is 20.7 Å². The molecule has 0 aliphatic carbocycles. The number of benzene rings is 3. The lowest BCUT2D eigenvalue weighted by atomic mass is 9.96. The summed E-state index contributed by atoms with van der Waals surface area (Å²) in [6.07, 6.45) is 7.09. The SMILES string of the molecule is CC(C)[C@@H]1Oc2ccc(cc2)/C=C\NC(=O)[C@@H](Cc2ccccc2)NC(=O)[C@H]1NC(=O)[C@@H]1CCCN1C(=O)/C=C/c1ccccc1. The first kappa shape index (κ1) is 32.2. The standard InChI is InChI=1S/C37H40N4O5/c1-25(2)34-33(40-36(44)31-14-9-23-41(31)32(42)20-17-26-10-5-3-6-11-26)37(45)39-30(24-28-12-7-4-8-13-28)35(43)38-22-21-27-15-18-29(46-34)19-16-27/h3-8,10-13,15-22,25,30-31,33-34H,9,14,23-24H2,1-2H3,(H,38,43)(H,39,45)(H,40,44)/b20-17+,22-21-/t30-,31+,33+,34+/m1/s1. The van der Waals surface area contributed by atoms with Crippen LogP contribution in [0.2, 0.25) is 0 Å². The van der Waals surface area contributed by atoms with Gasteiger partial charge in [-0.2, -0.15) is 0 Å². The van der Waals surface area contributed by atoms with E-state index in [4.69, 9.17) is 4.74 Å². The number of carbonyl (C=O) groups is 4. The monoisotopic (exact) mass is 620 g/mol. The average molecular weight is 621 g/mol. The first-order valence-electron chi connectivity index (χ1n) is 15.7. The molecule has 9 nitrogen and oxygen atoms in total. The molecule has 6 rings (SSSR count). The molecular weight excluding hydrogens is 580 g/mol. The zero-order chi connectivity index (χ0) is 32.5. The van der Waals surface area contributed by atoms with Gasteiger partial charge >= 0.3 is 0 Å². The van der Waals surface area contributed by atoms with Gasteiger partial charge in [0.15, 0.2) is 0 Å². The molecule has 1 fully saturated rings. The summed E-state index contributed by atoms with van der Waals surface area (Å²) >= 11 is 0. The summed E-state index contributed by atoms with van der Waals surface area (Å²) in [5.41, 5.74) is 2.59. The summed E-state index contributed by atoms with van der Waals surface area (Å²) in [6.45, 7) is 4.24. The van der Waals surface area contributed by atoms with Gasteiger partial charge in [0.1, 0.15) is 30.0 Å². The fourth-order valence-corrected chi connectivity index (χ4v) is 5.72. The van der Waals surface area contributed by atoms with Crippen LogP contribution in [0, 0.1) is 5.92 Å². The maximum Gasteiger partial charge on any atom is 0.247 e. The quantitative estimate of drug-likeness (QED) is 0.344. The highest BCUT2D eigenvalue weighted by atomic mass is 16.5. The number of nitrogens with one attached hydrogen (secondary N) is 3. The van der Waals surface area contributed by atoms with Crippen LogP contribution in [-0.4, -0.2) is 59.3 Å². The second kappa shape index (κ2) is 15.2. The molecule has 1 saturated heterocycles. The number of hydrogen-bond acceptors (Lipinski definition) is 5. The van der Waals surface area contributed by atoms with Crippen LogP contribution in [0.5, 0.6) is 5.75 Å². The van der Waals surface area contributed by atoms with Gasteiger partial charge in [-0.15, -0.1) is 0 Å². The fourth-order valence-electron chi connectivity index (χ4n) is 5.72. The van der Waals surface area contributed by atoms with Crippen LogP contribution in [0.3, 0.4) is 0 Å². The summed E-state index contributed by atoms with van der Waals surface area (Å²) in [5, 5.41) is 8.61. The molecule has 46 heavy (non-hydrogen) atoms. The average Bonchev–Trinajstić information content (AvgIpc) is 3.56. The predicted octanol–water partition coefficient (Wildman–Crippen LogP) is 4.11. The maximum atomic E-state index is 14.1. The Hall–Kier alpha value is -5.18. The number of rotatable bonds is 7. The van der Waals surface area contributed by atoms with Crippen molar-refractivity contribution in [2.24, 2.45) is 5.92 Å². The zero-order valence-corrected chi connectivity index (χ0v) is 26.1. The lowest BCUT2D eigenvalue weighted by Gasteiger charge is -2.33. The van der Waals surface area contributed by atoms with E-state index in [1.165, 1.54) is 11.0 Å². The minimum absolute atomic E-state index is 0.208. The Bertz CT molecular complexity index is 1570. The lowest BCUT2D eigenvalue weighted by molar-refractivity contribution is -0.139. The molecule has 3 aliphatic heterocycles. The second-order valence-corrected chi connectivity index (χ2v) is 11.9. The summed E-state index contributed by atoms with van der Waals surface area (Å²) in [7, 11) is 0. The topological polar surface area (TPSA) is 117 Å². The Balaban J connectivity index is 1.42. The molecule has 0 unspecified atom stereocenters. The normalized spacial score (nSPS) is 22.5. The highest BCUT2D eigenvalue weighted by Crippen LogP contribution is 2.23. The van der Waals surface area contributed by atoms with Crippen molar-refractivity contribution in [1.29, 1.82) is 0 Å². The van der Waals surface area contributed by atoms with Crippen LogP contribution in [0.25, 0.3) is 12.2 Å². The molecule has 2 bridgehead atoms. The van der Waals surface area contributed by atoms with E-state index in [0.29, 0.717) is 25.1 Å². The van der Waals surface area contributed by atoms with Gasteiger partial charge in [-0.05, 0) is 59.7 Å². The Morgan fingerprint density at radius 3 is 2.35 bits per heavy atom. The summed E-state index contributed by atoms with van der Waals surface area (Å²) in [4.78, 5) is 56.1. The first-order valence-corrected chi connectivity index (χ1v) is 15.7. The molecule has 238 valence electrons. The van der Waals surface area contributed by atoms with Crippen LogP contribution in [0.1, 0.15) is 43.4 Å². The van der Waals surface area contributed by atoms with Gasteiger partial charge in [-0.1, -0.05) is 86.6 Å². The zero-order valence-electron chi connectivity index (χ0n) is 26.1. The van der Waals surface area contributed by atoms with E-state index in [1.54, 1.807) is 30.5 Å². The third-order valence-corrected chi connectivity index (χ3v) is 8.19. The molecule has 3 aromatic rings. The van der Waals surface area contributed by atoms with Crippen molar-refractivity contribution in [1.82, 2.24) is 20.9 Å². The van der Waals surface area contributed by atoms with Gasteiger partial charge in [0.2, 0.25) is 23.6 Å². The molecule has 3 aliphatic rings. The minimum atomic E-state index is -1.16. The van der Waals surface area contributed by atoms with Crippen molar-refractivity contribution in [2.45, 2.75) is 57.3 Å². The van der Waals surface area contributed by atoms with E-state index >= 15 is 0 Å². The number of amides is 4. The third kappa shape index (κ3) is 8.29. The van der Waals surface area contributed by atoms with E-state index in [0.717, 1.165) is 16.7 Å². The molecule has 3 heterocycles. The molecule has 0 radical (unpaired) electrons. The Morgan fingerprint density at radius 2 is 1.65 bits per heavy atom. The Kier molecular flexibility index (Phi) is 10.7. The van der Waals surface area contributed by atoms with Gasteiger partial charge in [0, 0.05) is 25.2 Å². The predicted molar refractivity (Wildman–Crippen MR) is 177 cm³/mol. The second-order valence-electron chi connectivity index (χ2n) is 11.9. The van der Waals surface area contributed by atoms with Crippen molar-refractivity contribution >= 4 is 35.8 Å². The first-order chi connectivity index (χ1) is 22.3. The maximum absolute atomic E-state index is 14.1. The molecule has 3 N–H and O–H groups in total. The molecule has 4 amide bonds. The highest BCUT2D eigenvalue weighted by molar-refractivity contribution is 5.98. The van der Waals surface area contributed by atoms with Gasteiger partial charge < -0.3 is 25.6 Å². The Labute approximate surface area is 269 Å². The van der Waals surface area contributed by atoms with Crippen molar-refractivity contribution < 1.29 is 23.9 Å².